The Balaban J connectivity index is 1.37. The Morgan fingerprint density at radius 1 is 1.07 bits per heavy atom. The van der Waals surface area contributed by atoms with Crippen molar-refractivity contribution in [3.63, 3.8) is 0 Å². The maximum atomic E-state index is 13.4. The molecule has 1 heterocycles. The van der Waals surface area contributed by atoms with E-state index in [2.05, 4.69) is 10.5 Å². The van der Waals surface area contributed by atoms with Crippen LogP contribution in [0.15, 0.2) is 82.8 Å². The van der Waals surface area contributed by atoms with Crippen molar-refractivity contribution in [2.24, 2.45) is 5.10 Å². The second-order valence-corrected chi connectivity index (χ2v) is 11.2. The van der Waals surface area contributed by atoms with Crippen LogP contribution in [0.3, 0.4) is 0 Å². The van der Waals surface area contributed by atoms with Gasteiger partial charge >= 0.3 is 0 Å². The standard InChI is InChI=1S/C28H29ClN4O6S/c1-21-7-10-23(17-26(21)29)33(40(36,37)25-5-3-2-4-6-25)19-27(34)31-30-18-22-8-11-24(12-9-22)39-20-28(35)32-13-15-38-16-14-32/h2-12,17-18H,13-16,19-20H2,1H3,(H,31,34)/b30-18-. The van der Waals surface area contributed by atoms with Crippen LogP contribution >= 0.6 is 11.6 Å². The van der Waals surface area contributed by atoms with E-state index in [1.54, 1.807) is 66.4 Å². The summed E-state index contributed by atoms with van der Waals surface area (Å²) in [6, 6.07) is 19.4. The molecule has 40 heavy (non-hydrogen) atoms. The maximum Gasteiger partial charge on any atom is 0.264 e. The molecule has 0 bridgehead atoms. The molecule has 3 aromatic carbocycles. The summed E-state index contributed by atoms with van der Waals surface area (Å²) in [5, 5.41) is 4.33. The molecule has 1 saturated heterocycles. The molecule has 0 radical (unpaired) electrons. The molecular formula is C28H29ClN4O6S. The van der Waals surface area contributed by atoms with Gasteiger partial charge in [-0.25, -0.2) is 13.8 Å². The summed E-state index contributed by atoms with van der Waals surface area (Å²) < 4.78 is 38.6. The molecule has 0 aliphatic carbocycles. The Morgan fingerprint density at radius 2 is 1.77 bits per heavy atom. The number of nitrogens with one attached hydrogen (secondary N) is 1. The Labute approximate surface area is 238 Å². The zero-order valence-electron chi connectivity index (χ0n) is 21.8. The predicted molar refractivity (Wildman–Crippen MR) is 152 cm³/mol. The lowest BCUT2D eigenvalue weighted by Gasteiger charge is -2.26. The van der Waals surface area contributed by atoms with Gasteiger partial charge in [-0.2, -0.15) is 5.10 Å². The van der Waals surface area contributed by atoms with Gasteiger partial charge in [0.25, 0.3) is 21.8 Å². The molecule has 210 valence electrons. The molecule has 0 aromatic heterocycles. The Morgan fingerprint density at radius 3 is 2.45 bits per heavy atom. The lowest BCUT2D eigenvalue weighted by Crippen LogP contribution is -2.42. The van der Waals surface area contributed by atoms with Gasteiger partial charge < -0.3 is 14.4 Å². The van der Waals surface area contributed by atoms with E-state index >= 15 is 0 Å². The first kappa shape index (κ1) is 29.1. The molecule has 0 saturated carbocycles. The average Bonchev–Trinajstić information content (AvgIpc) is 2.97. The average molecular weight is 585 g/mol. The quantitative estimate of drug-likeness (QED) is 0.289. The SMILES string of the molecule is Cc1ccc(N(CC(=O)N/N=C\c2ccc(OCC(=O)N3CCOCC3)cc2)S(=O)(=O)c2ccccc2)cc1Cl. The number of anilines is 1. The monoisotopic (exact) mass is 584 g/mol. The van der Waals surface area contributed by atoms with Crippen LogP contribution < -0.4 is 14.5 Å². The van der Waals surface area contributed by atoms with Crippen molar-refractivity contribution in [1.29, 1.82) is 0 Å². The number of rotatable bonds is 10. The Kier molecular flexibility index (Phi) is 9.75. The third kappa shape index (κ3) is 7.59. The van der Waals surface area contributed by atoms with Crippen molar-refractivity contribution < 1.29 is 27.5 Å². The smallest absolute Gasteiger partial charge is 0.264 e. The molecule has 2 amide bonds. The molecule has 1 fully saturated rings. The predicted octanol–water partition coefficient (Wildman–Crippen LogP) is 3.23. The highest BCUT2D eigenvalue weighted by Crippen LogP contribution is 2.28. The first-order chi connectivity index (χ1) is 19.2. The third-order valence-corrected chi connectivity index (χ3v) is 8.27. The molecule has 1 aliphatic rings. The van der Waals surface area contributed by atoms with Crippen LogP contribution in [-0.4, -0.2) is 70.8 Å². The van der Waals surface area contributed by atoms with Gasteiger partial charge in [0.2, 0.25) is 0 Å². The van der Waals surface area contributed by atoms with Crippen LogP contribution in [0.25, 0.3) is 0 Å². The van der Waals surface area contributed by atoms with Crippen molar-refractivity contribution in [1.82, 2.24) is 10.3 Å². The highest BCUT2D eigenvalue weighted by atomic mass is 35.5. The summed E-state index contributed by atoms with van der Waals surface area (Å²) in [7, 11) is -4.06. The normalized spacial score (nSPS) is 13.7. The molecule has 4 rings (SSSR count). The summed E-state index contributed by atoms with van der Waals surface area (Å²) in [5.41, 5.74) is 4.06. The molecule has 0 unspecified atom stereocenters. The van der Waals surface area contributed by atoms with Crippen molar-refractivity contribution in [3.8, 4) is 5.75 Å². The number of carbonyl (C=O) groups excluding carboxylic acids is 2. The molecule has 0 atom stereocenters. The number of hydrazone groups is 1. The molecular weight excluding hydrogens is 556 g/mol. The van der Waals surface area contributed by atoms with Gasteiger partial charge in [-0.1, -0.05) is 35.9 Å². The topological polar surface area (TPSA) is 118 Å². The highest BCUT2D eigenvalue weighted by molar-refractivity contribution is 7.92. The van der Waals surface area contributed by atoms with E-state index in [-0.39, 0.29) is 23.1 Å². The van der Waals surface area contributed by atoms with Gasteiger partial charge in [0, 0.05) is 18.1 Å². The fourth-order valence-electron chi connectivity index (χ4n) is 3.82. The number of carbonyl (C=O) groups is 2. The largest absolute Gasteiger partial charge is 0.484 e. The fraction of sp³-hybridized carbons (Fsp3) is 0.250. The van der Waals surface area contributed by atoms with Crippen molar-refractivity contribution in [3.05, 3.63) is 88.9 Å². The number of halogens is 1. The molecule has 0 spiro atoms. The van der Waals surface area contributed by atoms with Crippen LogP contribution in [0.5, 0.6) is 5.75 Å². The Hall–Kier alpha value is -3.93. The number of aryl methyl sites for hydroxylation is 1. The number of sulfonamides is 1. The van der Waals surface area contributed by atoms with Gasteiger partial charge in [0.15, 0.2) is 6.61 Å². The maximum absolute atomic E-state index is 13.4. The van der Waals surface area contributed by atoms with E-state index in [1.165, 1.54) is 24.4 Å². The van der Waals surface area contributed by atoms with Crippen molar-refractivity contribution in [2.45, 2.75) is 11.8 Å². The second kappa shape index (κ2) is 13.4. The number of benzene rings is 3. The van der Waals surface area contributed by atoms with E-state index in [4.69, 9.17) is 21.1 Å². The summed E-state index contributed by atoms with van der Waals surface area (Å²) in [6.45, 7) is 3.37. The Bertz CT molecular complexity index is 1460. The van der Waals surface area contributed by atoms with Crippen LogP contribution in [0, 0.1) is 6.92 Å². The van der Waals surface area contributed by atoms with E-state index in [9.17, 15) is 18.0 Å². The van der Waals surface area contributed by atoms with Crippen LogP contribution in [0.4, 0.5) is 5.69 Å². The van der Waals surface area contributed by atoms with Gasteiger partial charge in [-0.15, -0.1) is 0 Å². The van der Waals surface area contributed by atoms with Crippen molar-refractivity contribution >= 4 is 45.3 Å². The van der Waals surface area contributed by atoms with Gasteiger partial charge in [-0.05, 0) is 66.6 Å². The van der Waals surface area contributed by atoms with E-state index in [0.29, 0.717) is 42.6 Å². The molecule has 1 aliphatic heterocycles. The van der Waals surface area contributed by atoms with E-state index in [0.717, 1.165) is 9.87 Å². The van der Waals surface area contributed by atoms with Crippen molar-refractivity contribution in [2.75, 3.05) is 43.8 Å². The molecule has 1 N–H and O–H groups in total. The number of hydrogen-bond donors (Lipinski definition) is 1. The van der Waals surface area contributed by atoms with Gasteiger partial charge in [0.1, 0.15) is 12.3 Å². The van der Waals surface area contributed by atoms with Gasteiger partial charge in [-0.3, -0.25) is 13.9 Å². The summed E-state index contributed by atoms with van der Waals surface area (Å²) in [4.78, 5) is 26.7. The first-order valence-corrected chi connectivity index (χ1v) is 14.3. The number of hydrogen-bond acceptors (Lipinski definition) is 7. The minimum absolute atomic E-state index is 0.0388. The van der Waals surface area contributed by atoms with E-state index in [1.807, 2.05) is 0 Å². The number of amides is 2. The lowest BCUT2D eigenvalue weighted by atomic mass is 10.2. The minimum atomic E-state index is -4.06. The van der Waals surface area contributed by atoms with Gasteiger partial charge in [0.05, 0.1) is 30.0 Å². The highest BCUT2D eigenvalue weighted by Gasteiger charge is 2.27. The number of nitrogens with zero attached hydrogens (tertiary/aromatic N) is 3. The number of ether oxygens (including phenoxy) is 2. The third-order valence-electron chi connectivity index (χ3n) is 6.07. The molecule has 12 heteroatoms. The minimum Gasteiger partial charge on any atom is -0.484 e. The van der Waals surface area contributed by atoms with E-state index < -0.39 is 22.5 Å². The fourth-order valence-corrected chi connectivity index (χ4v) is 5.42. The zero-order valence-corrected chi connectivity index (χ0v) is 23.4. The van der Waals surface area contributed by atoms with Crippen LogP contribution in [0.2, 0.25) is 5.02 Å². The summed E-state index contributed by atoms with van der Waals surface area (Å²) in [5.74, 6) is -0.233. The molecule has 10 nitrogen and oxygen atoms in total. The summed E-state index contributed by atoms with van der Waals surface area (Å²) >= 11 is 6.25. The lowest BCUT2D eigenvalue weighted by molar-refractivity contribution is -0.137. The zero-order chi connectivity index (χ0) is 28.5. The van der Waals surface area contributed by atoms with Crippen LogP contribution in [0.1, 0.15) is 11.1 Å². The summed E-state index contributed by atoms with van der Waals surface area (Å²) in [6.07, 6.45) is 1.42. The number of morpholine rings is 1. The second-order valence-electron chi connectivity index (χ2n) is 8.90. The van der Waals surface area contributed by atoms with Crippen LogP contribution in [-0.2, 0) is 24.3 Å². The first-order valence-electron chi connectivity index (χ1n) is 12.5. The molecule has 3 aromatic rings.